The van der Waals surface area contributed by atoms with Gasteiger partial charge >= 0.3 is 0 Å². The van der Waals surface area contributed by atoms with Gasteiger partial charge in [0.1, 0.15) is 11.6 Å². The Morgan fingerprint density at radius 3 is 2.62 bits per heavy atom. The molecule has 0 saturated carbocycles. The highest BCUT2D eigenvalue weighted by Crippen LogP contribution is 2.33. The van der Waals surface area contributed by atoms with Crippen molar-refractivity contribution in [1.82, 2.24) is 15.0 Å². The van der Waals surface area contributed by atoms with Crippen molar-refractivity contribution in [2.45, 2.75) is 0 Å². The Morgan fingerprint density at radius 2 is 1.86 bits per heavy atom. The van der Waals surface area contributed by atoms with Gasteiger partial charge in [0, 0.05) is 6.20 Å². The average Bonchev–Trinajstić information content (AvgIpc) is 2.97. The SMILES string of the molecule is COc1cc2ccccc2cc1-c1nc2ccncc2[nH]1. The van der Waals surface area contributed by atoms with Crippen molar-refractivity contribution >= 4 is 21.8 Å². The van der Waals surface area contributed by atoms with Crippen molar-refractivity contribution < 1.29 is 4.74 Å². The van der Waals surface area contributed by atoms with Crippen LogP contribution in [0.2, 0.25) is 0 Å². The summed E-state index contributed by atoms with van der Waals surface area (Å²) in [5, 5.41) is 2.31. The molecule has 0 saturated heterocycles. The smallest absolute Gasteiger partial charge is 0.142 e. The molecule has 0 spiro atoms. The van der Waals surface area contributed by atoms with Crippen LogP contribution in [-0.2, 0) is 0 Å². The Balaban J connectivity index is 1.99. The molecule has 0 atom stereocenters. The van der Waals surface area contributed by atoms with Gasteiger partial charge in [-0.1, -0.05) is 24.3 Å². The highest BCUT2D eigenvalue weighted by Gasteiger charge is 2.12. The normalized spacial score (nSPS) is 11.1. The third-order valence-corrected chi connectivity index (χ3v) is 3.61. The molecule has 4 nitrogen and oxygen atoms in total. The molecule has 0 radical (unpaired) electrons. The Hall–Kier alpha value is -2.88. The minimum atomic E-state index is 0.792. The van der Waals surface area contributed by atoms with Crippen LogP contribution in [0.5, 0.6) is 5.75 Å². The molecule has 0 bridgehead atoms. The first-order valence-electron chi connectivity index (χ1n) is 6.72. The number of imidazole rings is 1. The summed E-state index contributed by atoms with van der Waals surface area (Å²) in [4.78, 5) is 12.0. The first-order valence-corrected chi connectivity index (χ1v) is 6.72. The second kappa shape index (κ2) is 4.59. The van der Waals surface area contributed by atoms with E-state index in [1.54, 1.807) is 19.5 Å². The van der Waals surface area contributed by atoms with Gasteiger partial charge in [-0.3, -0.25) is 4.98 Å². The number of nitrogens with one attached hydrogen (secondary N) is 1. The van der Waals surface area contributed by atoms with Crippen molar-refractivity contribution in [3.63, 3.8) is 0 Å². The summed E-state index contributed by atoms with van der Waals surface area (Å²) in [5.74, 6) is 1.60. The van der Waals surface area contributed by atoms with Crippen molar-refractivity contribution in [3.8, 4) is 17.1 Å². The molecule has 0 aliphatic rings. The number of benzene rings is 2. The predicted molar refractivity (Wildman–Crippen MR) is 83.4 cm³/mol. The molecule has 2 heterocycles. The van der Waals surface area contributed by atoms with Crippen LogP contribution in [0.4, 0.5) is 0 Å². The van der Waals surface area contributed by atoms with Gasteiger partial charge in [0.15, 0.2) is 0 Å². The first kappa shape index (κ1) is 11.9. The van der Waals surface area contributed by atoms with Crippen LogP contribution in [-0.4, -0.2) is 22.1 Å². The molecular formula is C17H13N3O. The van der Waals surface area contributed by atoms with Crippen LogP contribution in [0.15, 0.2) is 54.9 Å². The van der Waals surface area contributed by atoms with E-state index in [0.717, 1.165) is 38.9 Å². The third-order valence-electron chi connectivity index (χ3n) is 3.61. The van der Waals surface area contributed by atoms with Crippen LogP contribution in [0.3, 0.4) is 0 Å². The van der Waals surface area contributed by atoms with Crippen LogP contribution in [0.1, 0.15) is 0 Å². The molecule has 2 aromatic heterocycles. The molecule has 4 rings (SSSR count). The van der Waals surface area contributed by atoms with Gasteiger partial charge < -0.3 is 9.72 Å². The summed E-state index contributed by atoms with van der Waals surface area (Å²) in [7, 11) is 1.68. The summed E-state index contributed by atoms with van der Waals surface area (Å²) < 4.78 is 5.53. The number of methoxy groups -OCH3 is 1. The van der Waals surface area contributed by atoms with E-state index in [0.29, 0.717) is 0 Å². The second-order valence-electron chi connectivity index (χ2n) is 4.88. The molecule has 0 fully saturated rings. The predicted octanol–water partition coefficient (Wildman–Crippen LogP) is 3.79. The summed E-state index contributed by atoms with van der Waals surface area (Å²) >= 11 is 0. The van der Waals surface area contributed by atoms with Gasteiger partial charge in [-0.15, -0.1) is 0 Å². The number of H-pyrrole nitrogens is 1. The standard InChI is InChI=1S/C17H13N3O/c1-21-16-9-12-5-3-2-4-11(12)8-13(16)17-19-14-6-7-18-10-15(14)20-17/h2-10H,1H3,(H,19,20). The monoisotopic (exact) mass is 275 g/mol. The molecule has 4 heteroatoms. The Labute approximate surface area is 121 Å². The largest absolute Gasteiger partial charge is 0.496 e. The van der Waals surface area contributed by atoms with Crippen molar-refractivity contribution in [2.75, 3.05) is 7.11 Å². The van der Waals surface area contributed by atoms with Crippen LogP contribution in [0, 0.1) is 0 Å². The van der Waals surface area contributed by atoms with E-state index < -0.39 is 0 Å². The van der Waals surface area contributed by atoms with E-state index in [1.807, 2.05) is 24.3 Å². The summed E-state index contributed by atoms with van der Waals surface area (Å²) in [6.07, 6.45) is 3.52. The highest BCUT2D eigenvalue weighted by atomic mass is 16.5. The van der Waals surface area contributed by atoms with Gasteiger partial charge in [0.05, 0.1) is 29.9 Å². The summed E-state index contributed by atoms with van der Waals surface area (Å²) in [6, 6.07) is 14.2. The maximum Gasteiger partial charge on any atom is 0.142 e. The molecular weight excluding hydrogens is 262 g/mol. The quantitative estimate of drug-likeness (QED) is 0.605. The maximum absolute atomic E-state index is 5.53. The van der Waals surface area contributed by atoms with Crippen molar-refractivity contribution in [3.05, 3.63) is 54.9 Å². The molecule has 4 aromatic rings. The molecule has 0 unspecified atom stereocenters. The number of hydrogen-bond acceptors (Lipinski definition) is 3. The zero-order valence-electron chi connectivity index (χ0n) is 11.5. The number of ether oxygens (including phenoxy) is 1. The molecule has 102 valence electrons. The highest BCUT2D eigenvalue weighted by molar-refractivity contribution is 5.91. The van der Waals surface area contributed by atoms with Gasteiger partial charge in [-0.2, -0.15) is 0 Å². The van der Waals surface area contributed by atoms with E-state index in [1.165, 1.54) is 0 Å². The fourth-order valence-electron chi connectivity index (χ4n) is 2.56. The number of aromatic nitrogens is 3. The molecule has 0 amide bonds. The van der Waals surface area contributed by atoms with Crippen molar-refractivity contribution in [2.24, 2.45) is 0 Å². The molecule has 0 aliphatic heterocycles. The lowest BCUT2D eigenvalue weighted by atomic mass is 10.1. The first-order chi connectivity index (χ1) is 10.3. The minimum absolute atomic E-state index is 0.792. The summed E-state index contributed by atoms with van der Waals surface area (Å²) in [5.41, 5.74) is 2.77. The minimum Gasteiger partial charge on any atom is -0.496 e. The Morgan fingerprint density at radius 1 is 1.05 bits per heavy atom. The van der Waals surface area contributed by atoms with E-state index >= 15 is 0 Å². The summed E-state index contributed by atoms with van der Waals surface area (Å²) in [6.45, 7) is 0. The van der Waals surface area contributed by atoms with E-state index in [9.17, 15) is 0 Å². The number of fused-ring (bicyclic) bond motifs is 2. The van der Waals surface area contributed by atoms with Crippen LogP contribution < -0.4 is 4.74 Å². The third kappa shape index (κ3) is 1.92. The number of rotatable bonds is 2. The average molecular weight is 275 g/mol. The zero-order valence-corrected chi connectivity index (χ0v) is 11.5. The lowest BCUT2D eigenvalue weighted by Crippen LogP contribution is -1.90. The Kier molecular flexibility index (Phi) is 2.60. The van der Waals surface area contributed by atoms with Gasteiger partial charge in [0.2, 0.25) is 0 Å². The maximum atomic E-state index is 5.53. The van der Waals surface area contributed by atoms with E-state index in [4.69, 9.17) is 4.74 Å². The van der Waals surface area contributed by atoms with Gasteiger partial charge in [-0.05, 0) is 29.0 Å². The number of hydrogen-bond donors (Lipinski definition) is 1. The lowest BCUT2D eigenvalue weighted by Gasteiger charge is -2.08. The Bertz CT molecular complexity index is 910. The lowest BCUT2D eigenvalue weighted by molar-refractivity contribution is 0.417. The number of aromatic amines is 1. The van der Waals surface area contributed by atoms with E-state index in [2.05, 4.69) is 33.2 Å². The topological polar surface area (TPSA) is 50.8 Å². The van der Waals surface area contributed by atoms with Crippen molar-refractivity contribution in [1.29, 1.82) is 0 Å². The molecule has 0 aliphatic carbocycles. The van der Waals surface area contributed by atoms with Gasteiger partial charge in [0.25, 0.3) is 0 Å². The van der Waals surface area contributed by atoms with Gasteiger partial charge in [-0.25, -0.2) is 4.98 Å². The number of pyridine rings is 1. The van der Waals surface area contributed by atoms with Crippen LogP contribution >= 0.6 is 0 Å². The molecule has 2 aromatic carbocycles. The molecule has 1 N–H and O–H groups in total. The zero-order chi connectivity index (χ0) is 14.2. The second-order valence-corrected chi connectivity index (χ2v) is 4.88. The van der Waals surface area contributed by atoms with E-state index in [-0.39, 0.29) is 0 Å². The fourth-order valence-corrected chi connectivity index (χ4v) is 2.56. The molecule has 21 heavy (non-hydrogen) atoms. The number of nitrogens with zero attached hydrogens (tertiary/aromatic N) is 2. The fraction of sp³-hybridized carbons (Fsp3) is 0.0588. The van der Waals surface area contributed by atoms with Crippen LogP contribution in [0.25, 0.3) is 33.2 Å².